The maximum absolute atomic E-state index is 11.3. The zero-order valence-electron chi connectivity index (χ0n) is 8.57. The first-order chi connectivity index (χ1) is 6.55. The Hall–Kier alpha value is -0.830. The third-order valence-electron chi connectivity index (χ3n) is 3.47. The molecule has 0 aromatic carbocycles. The topological polar surface area (TPSA) is 57.5 Å². The van der Waals surface area contributed by atoms with E-state index in [1.54, 1.807) is 6.08 Å². The SMILES string of the molecule is C=CCC1(C(=O)O)C(C)CCCC1O. The fourth-order valence-corrected chi connectivity index (χ4v) is 2.48. The molecule has 1 saturated carbocycles. The van der Waals surface area contributed by atoms with Gasteiger partial charge in [-0.3, -0.25) is 4.79 Å². The summed E-state index contributed by atoms with van der Waals surface area (Å²) in [5.41, 5.74) is -1.000. The van der Waals surface area contributed by atoms with Gasteiger partial charge in [-0.05, 0) is 25.2 Å². The van der Waals surface area contributed by atoms with E-state index < -0.39 is 17.5 Å². The van der Waals surface area contributed by atoms with Crippen LogP contribution in [0.15, 0.2) is 12.7 Å². The van der Waals surface area contributed by atoms with E-state index in [2.05, 4.69) is 6.58 Å². The van der Waals surface area contributed by atoms with Crippen molar-refractivity contribution in [3.63, 3.8) is 0 Å². The van der Waals surface area contributed by atoms with Gasteiger partial charge < -0.3 is 10.2 Å². The summed E-state index contributed by atoms with van der Waals surface area (Å²) in [5.74, 6) is -0.876. The summed E-state index contributed by atoms with van der Waals surface area (Å²) in [4.78, 5) is 11.3. The van der Waals surface area contributed by atoms with Gasteiger partial charge in [0.15, 0.2) is 0 Å². The van der Waals surface area contributed by atoms with Crippen LogP contribution in [0, 0.1) is 11.3 Å². The van der Waals surface area contributed by atoms with Crippen molar-refractivity contribution >= 4 is 5.97 Å². The third-order valence-corrected chi connectivity index (χ3v) is 3.47. The highest BCUT2D eigenvalue weighted by molar-refractivity contribution is 5.76. The number of carboxylic acids is 1. The molecule has 3 atom stereocenters. The van der Waals surface area contributed by atoms with Crippen LogP contribution < -0.4 is 0 Å². The van der Waals surface area contributed by atoms with E-state index in [9.17, 15) is 15.0 Å². The van der Waals surface area contributed by atoms with Crippen molar-refractivity contribution < 1.29 is 15.0 Å². The van der Waals surface area contributed by atoms with E-state index in [4.69, 9.17) is 0 Å². The molecule has 0 radical (unpaired) electrons. The van der Waals surface area contributed by atoms with Crippen LogP contribution in [0.25, 0.3) is 0 Å². The van der Waals surface area contributed by atoms with Crippen molar-refractivity contribution in [3.8, 4) is 0 Å². The molecule has 0 aliphatic heterocycles. The van der Waals surface area contributed by atoms with E-state index in [1.807, 2.05) is 6.92 Å². The minimum atomic E-state index is -1.000. The van der Waals surface area contributed by atoms with Crippen molar-refractivity contribution in [3.05, 3.63) is 12.7 Å². The number of aliphatic carboxylic acids is 1. The van der Waals surface area contributed by atoms with E-state index >= 15 is 0 Å². The third kappa shape index (κ3) is 1.57. The molecule has 0 amide bonds. The number of carboxylic acid groups (broad SMARTS) is 1. The van der Waals surface area contributed by atoms with Crippen molar-refractivity contribution in [1.82, 2.24) is 0 Å². The molecule has 1 aliphatic rings. The molecular formula is C11H18O3. The molecule has 0 spiro atoms. The Morgan fingerprint density at radius 3 is 2.71 bits per heavy atom. The smallest absolute Gasteiger partial charge is 0.312 e. The van der Waals surface area contributed by atoms with Gasteiger partial charge in [-0.25, -0.2) is 0 Å². The second-order valence-corrected chi connectivity index (χ2v) is 4.19. The van der Waals surface area contributed by atoms with Gasteiger partial charge in [0.05, 0.1) is 11.5 Å². The van der Waals surface area contributed by atoms with Crippen LogP contribution in [0.2, 0.25) is 0 Å². The Morgan fingerprint density at radius 2 is 2.29 bits per heavy atom. The van der Waals surface area contributed by atoms with Gasteiger partial charge in [0.2, 0.25) is 0 Å². The molecule has 3 unspecified atom stereocenters. The number of allylic oxidation sites excluding steroid dienone is 1. The average Bonchev–Trinajstić information content (AvgIpc) is 2.11. The molecule has 80 valence electrons. The van der Waals surface area contributed by atoms with Crippen molar-refractivity contribution in [1.29, 1.82) is 0 Å². The summed E-state index contributed by atoms with van der Waals surface area (Å²) >= 11 is 0. The maximum atomic E-state index is 11.3. The molecule has 0 heterocycles. The Kier molecular flexibility index (Phi) is 3.32. The quantitative estimate of drug-likeness (QED) is 0.680. The lowest BCUT2D eigenvalue weighted by atomic mass is 9.63. The molecule has 1 aliphatic carbocycles. The molecule has 0 aromatic rings. The first kappa shape index (κ1) is 11.2. The minimum Gasteiger partial charge on any atom is -0.481 e. The zero-order valence-corrected chi connectivity index (χ0v) is 8.57. The van der Waals surface area contributed by atoms with E-state index in [-0.39, 0.29) is 5.92 Å². The number of rotatable bonds is 3. The number of hydrogen-bond acceptors (Lipinski definition) is 2. The molecule has 1 fully saturated rings. The summed E-state index contributed by atoms with van der Waals surface area (Å²) in [6.07, 6.45) is 3.58. The standard InChI is InChI=1S/C11H18O3/c1-3-7-11(10(13)14)8(2)5-4-6-9(11)12/h3,8-9,12H,1,4-7H2,2H3,(H,13,14). The molecule has 0 saturated heterocycles. The van der Waals surface area contributed by atoms with Gasteiger partial charge in [-0.2, -0.15) is 0 Å². The van der Waals surface area contributed by atoms with Gasteiger partial charge in [0.1, 0.15) is 0 Å². The lowest BCUT2D eigenvalue weighted by molar-refractivity contribution is -0.165. The number of aliphatic hydroxyl groups is 1. The zero-order chi connectivity index (χ0) is 10.8. The Morgan fingerprint density at radius 1 is 1.64 bits per heavy atom. The first-order valence-electron chi connectivity index (χ1n) is 5.08. The van der Waals surface area contributed by atoms with E-state index in [1.165, 1.54) is 0 Å². The Balaban J connectivity index is 3.01. The average molecular weight is 198 g/mol. The minimum absolute atomic E-state index is 0.0155. The van der Waals surface area contributed by atoms with Gasteiger partial charge >= 0.3 is 5.97 Å². The summed E-state index contributed by atoms with van der Waals surface area (Å²) in [5, 5.41) is 19.1. The largest absolute Gasteiger partial charge is 0.481 e. The predicted molar refractivity (Wildman–Crippen MR) is 53.9 cm³/mol. The monoisotopic (exact) mass is 198 g/mol. The molecule has 0 bridgehead atoms. The summed E-state index contributed by atoms with van der Waals surface area (Å²) in [7, 11) is 0. The number of hydrogen-bond donors (Lipinski definition) is 2. The molecule has 0 aromatic heterocycles. The van der Waals surface area contributed by atoms with Gasteiger partial charge in [-0.1, -0.05) is 19.4 Å². The Labute approximate surface area is 84.4 Å². The van der Waals surface area contributed by atoms with E-state index in [0.717, 1.165) is 12.8 Å². The highest BCUT2D eigenvalue weighted by Gasteiger charge is 2.50. The Bertz CT molecular complexity index is 225. The van der Waals surface area contributed by atoms with E-state index in [0.29, 0.717) is 12.8 Å². The fourth-order valence-electron chi connectivity index (χ4n) is 2.48. The van der Waals surface area contributed by atoms with Gasteiger partial charge in [0, 0.05) is 0 Å². The second kappa shape index (κ2) is 4.13. The van der Waals surface area contributed by atoms with Crippen LogP contribution in [0.1, 0.15) is 32.6 Å². The summed E-state index contributed by atoms with van der Waals surface area (Å²) in [6.45, 7) is 5.48. The highest BCUT2D eigenvalue weighted by Crippen LogP contribution is 2.44. The van der Waals surface area contributed by atoms with Gasteiger partial charge in [0.25, 0.3) is 0 Å². The lowest BCUT2D eigenvalue weighted by Crippen LogP contribution is -2.49. The molecule has 1 rings (SSSR count). The molecule has 14 heavy (non-hydrogen) atoms. The predicted octanol–water partition coefficient (Wildman–Crippen LogP) is 1.81. The van der Waals surface area contributed by atoms with Crippen LogP contribution in [-0.4, -0.2) is 22.3 Å². The van der Waals surface area contributed by atoms with Crippen molar-refractivity contribution in [2.24, 2.45) is 11.3 Å². The number of aliphatic hydroxyl groups excluding tert-OH is 1. The maximum Gasteiger partial charge on any atom is 0.312 e. The van der Waals surface area contributed by atoms with Crippen LogP contribution >= 0.6 is 0 Å². The van der Waals surface area contributed by atoms with Crippen LogP contribution in [0.3, 0.4) is 0 Å². The van der Waals surface area contributed by atoms with Gasteiger partial charge in [-0.15, -0.1) is 6.58 Å². The first-order valence-corrected chi connectivity index (χ1v) is 5.08. The fraction of sp³-hybridized carbons (Fsp3) is 0.727. The second-order valence-electron chi connectivity index (χ2n) is 4.19. The van der Waals surface area contributed by atoms with Crippen LogP contribution in [0.4, 0.5) is 0 Å². The summed E-state index contributed by atoms with van der Waals surface area (Å²) < 4.78 is 0. The van der Waals surface area contributed by atoms with Crippen molar-refractivity contribution in [2.75, 3.05) is 0 Å². The van der Waals surface area contributed by atoms with Crippen LogP contribution in [0.5, 0.6) is 0 Å². The lowest BCUT2D eigenvalue weighted by Gasteiger charge is -2.42. The highest BCUT2D eigenvalue weighted by atomic mass is 16.4. The summed E-state index contributed by atoms with van der Waals surface area (Å²) in [6, 6.07) is 0. The molecular weight excluding hydrogens is 180 g/mol. The normalized spacial score (nSPS) is 37.9. The van der Waals surface area contributed by atoms with Crippen LogP contribution in [-0.2, 0) is 4.79 Å². The van der Waals surface area contributed by atoms with Crippen molar-refractivity contribution in [2.45, 2.75) is 38.7 Å². The molecule has 2 N–H and O–H groups in total. The molecule has 3 heteroatoms. The number of carbonyl (C=O) groups is 1. The molecule has 3 nitrogen and oxygen atoms in total.